The van der Waals surface area contributed by atoms with E-state index in [0.29, 0.717) is 11.4 Å². The second kappa shape index (κ2) is 4.44. The number of halogens is 1. The van der Waals surface area contributed by atoms with Crippen LogP contribution in [0.1, 0.15) is 25.6 Å². The van der Waals surface area contributed by atoms with Crippen LogP contribution in [0.3, 0.4) is 0 Å². The van der Waals surface area contributed by atoms with Crippen LogP contribution >= 0.6 is 11.6 Å². The smallest absolute Gasteiger partial charge is 0.0927 e. The summed E-state index contributed by atoms with van der Waals surface area (Å²) in [5.74, 6) is 0. The van der Waals surface area contributed by atoms with Crippen LogP contribution in [0, 0.1) is 0 Å². The second-order valence-electron chi connectivity index (χ2n) is 4.12. The minimum absolute atomic E-state index is 0.125. The van der Waals surface area contributed by atoms with Gasteiger partial charge in [0.2, 0.25) is 0 Å². The Morgan fingerprint density at radius 2 is 2.19 bits per heavy atom. The molecule has 0 saturated carbocycles. The Morgan fingerprint density at radius 1 is 1.44 bits per heavy atom. The van der Waals surface area contributed by atoms with E-state index >= 15 is 0 Å². The number of rotatable bonds is 3. The summed E-state index contributed by atoms with van der Waals surface area (Å²) in [6, 6.07) is 5.95. The third-order valence-electron chi connectivity index (χ3n) is 2.60. The highest BCUT2D eigenvalue weighted by Crippen LogP contribution is 2.25. The van der Waals surface area contributed by atoms with E-state index in [1.165, 1.54) is 0 Å². The van der Waals surface area contributed by atoms with Gasteiger partial charge in [-0.15, -0.1) is 0 Å². The molecule has 0 atom stereocenters. The standard InChI is InChI=1S/C12H15ClN2O/c1-8(2)15-12(5-6-16)10-7-9(13)3-4-11(10)14-15/h3-4,7-8,16H,5-6H2,1-2H3. The molecule has 16 heavy (non-hydrogen) atoms. The average molecular weight is 239 g/mol. The lowest BCUT2D eigenvalue weighted by molar-refractivity contribution is 0.294. The Balaban J connectivity index is 2.67. The normalized spacial score (nSPS) is 11.6. The molecule has 1 heterocycles. The van der Waals surface area contributed by atoms with Gasteiger partial charge in [-0.2, -0.15) is 5.10 Å². The van der Waals surface area contributed by atoms with E-state index in [2.05, 4.69) is 18.9 Å². The van der Waals surface area contributed by atoms with Gasteiger partial charge < -0.3 is 5.11 Å². The van der Waals surface area contributed by atoms with Crippen molar-refractivity contribution in [3.63, 3.8) is 0 Å². The first-order chi connectivity index (χ1) is 7.63. The summed E-state index contributed by atoms with van der Waals surface area (Å²) in [5.41, 5.74) is 1.98. The molecule has 0 aliphatic carbocycles. The van der Waals surface area contributed by atoms with Gasteiger partial charge in [-0.25, -0.2) is 0 Å². The first-order valence-electron chi connectivity index (χ1n) is 5.41. The molecular weight excluding hydrogens is 224 g/mol. The number of nitrogens with zero attached hydrogens (tertiary/aromatic N) is 2. The van der Waals surface area contributed by atoms with Gasteiger partial charge in [0.05, 0.1) is 5.52 Å². The highest BCUT2D eigenvalue weighted by molar-refractivity contribution is 6.31. The Hall–Kier alpha value is -1.06. The molecular formula is C12H15ClN2O. The molecule has 0 spiro atoms. The van der Waals surface area contributed by atoms with Gasteiger partial charge in [0, 0.05) is 35.2 Å². The van der Waals surface area contributed by atoms with Crippen molar-refractivity contribution in [2.24, 2.45) is 0 Å². The minimum atomic E-state index is 0.125. The third kappa shape index (κ3) is 1.93. The van der Waals surface area contributed by atoms with Crippen molar-refractivity contribution in [2.45, 2.75) is 26.3 Å². The van der Waals surface area contributed by atoms with E-state index in [9.17, 15) is 0 Å². The largest absolute Gasteiger partial charge is 0.396 e. The monoisotopic (exact) mass is 238 g/mol. The average Bonchev–Trinajstić information content (AvgIpc) is 2.58. The fourth-order valence-electron chi connectivity index (χ4n) is 1.91. The number of hydrogen-bond donors (Lipinski definition) is 1. The summed E-state index contributed by atoms with van der Waals surface area (Å²) >= 11 is 5.98. The number of aliphatic hydroxyl groups is 1. The van der Waals surface area contributed by atoms with Crippen molar-refractivity contribution >= 4 is 22.5 Å². The number of benzene rings is 1. The molecule has 0 aliphatic rings. The Bertz CT molecular complexity index is 505. The highest BCUT2D eigenvalue weighted by Gasteiger charge is 2.12. The molecule has 1 aromatic heterocycles. The van der Waals surface area contributed by atoms with E-state index in [0.717, 1.165) is 16.6 Å². The molecule has 2 aromatic rings. The van der Waals surface area contributed by atoms with Crippen LogP contribution in [-0.2, 0) is 6.42 Å². The number of aliphatic hydroxyl groups excluding tert-OH is 1. The summed E-state index contributed by atoms with van der Waals surface area (Å²) in [6.07, 6.45) is 0.606. The topological polar surface area (TPSA) is 38.0 Å². The van der Waals surface area contributed by atoms with Crippen LogP contribution in [-0.4, -0.2) is 21.5 Å². The van der Waals surface area contributed by atoms with Crippen molar-refractivity contribution in [1.29, 1.82) is 0 Å². The minimum Gasteiger partial charge on any atom is -0.396 e. The van der Waals surface area contributed by atoms with Crippen LogP contribution in [0.2, 0.25) is 5.02 Å². The first-order valence-corrected chi connectivity index (χ1v) is 5.78. The zero-order valence-electron chi connectivity index (χ0n) is 9.44. The zero-order chi connectivity index (χ0) is 11.7. The molecule has 0 amide bonds. The summed E-state index contributed by atoms with van der Waals surface area (Å²) < 4.78 is 1.96. The number of fused-ring (bicyclic) bond motifs is 1. The lowest BCUT2D eigenvalue weighted by Crippen LogP contribution is -2.08. The van der Waals surface area contributed by atoms with Crippen LogP contribution in [0.15, 0.2) is 18.2 Å². The Labute approximate surface area is 99.6 Å². The molecule has 0 fully saturated rings. The molecule has 1 N–H and O–H groups in total. The summed E-state index contributed by atoms with van der Waals surface area (Å²) in [4.78, 5) is 0. The molecule has 0 unspecified atom stereocenters. The maximum Gasteiger partial charge on any atom is 0.0927 e. The van der Waals surface area contributed by atoms with Crippen LogP contribution in [0.5, 0.6) is 0 Å². The second-order valence-corrected chi connectivity index (χ2v) is 4.56. The molecule has 2 rings (SSSR count). The Morgan fingerprint density at radius 3 is 2.81 bits per heavy atom. The number of hydrogen-bond acceptors (Lipinski definition) is 2. The molecule has 4 heteroatoms. The molecule has 0 bridgehead atoms. The molecule has 3 nitrogen and oxygen atoms in total. The van der Waals surface area contributed by atoms with Gasteiger partial charge in [-0.1, -0.05) is 11.6 Å². The first kappa shape index (κ1) is 11.4. The highest BCUT2D eigenvalue weighted by atomic mass is 35.5. The van der Waals surface area contributed by atoms with Crippen molar-refractivity contribution in [3.8, 4) is 0 Å². The lowest BCUT2D eigenvalue weighted by Gasteiger charge is -2.09. The van der Waals surface area contributed by atoms with E-state index in [1.807, 2.05) is 22.9 Å². The van der Waals surface area contributed by atoms with Crippen molar-refractivity contribution < 1.29 is 5.11 Å². The van der Waals surface area contributed by atoms with Crippen molar-refractivity contribution in [2.75, 3.05) is 6.61 Å². The van der Waals surface area contributed by atoms with Crippen LogP contribution in [0.4, 0.5) is 0 Å². The fraction of sp³-hybridized carbons (Fsp3) is 0.417. The van der Waals surface area contributed by atoms with Gasteiger partial charge >= 0.3 is 0 Å². The predicted octanol–water partition coefficient (Wildman–Crippen LogP) is 2.81. The van der Waals surface area contributed by atoms with E-state index in [4.69, 9.17) is 16.7 Å². The van der Waals surface area contributed by atoms with E-state index in [1.54, 1.807) is 0 Å². The maximum atomic E-state index is 9.10. The zero-order valence-corrected chi connectivity index (χ0v) is 10.2. The summed E-state index contributed by atoms with van der Waals surface area (Å²) in [5, 5.41) is 15.4. The van der Waals surface area contributed by atoms with Crippen molar-refractivity contribution in [3.05, 3.63) is 28.9 Å². The van der Waals surface area contributed by atoms with Crippen molar-refractivity contribution in [1.82, 2.24) is 9.78 Å². The van der Waals surface area contributed by atoms with Gasteiger partial charge in [0.15, 0.2) is 0 Å². The van der Waals surface area contributed by atoms with Gasteiger partial charge in [0.1, 0.15) is 0 Å². The van der Waals surface area contributed by atoms with Crippen LogP contribution in [0.25, 0.3) is 10.9 Å². The summed E-state index contributed by atoms with van der Waals surface area (Å²) in [6.45, 7) is 4.28. The van der Waals surface area contributed by atoms with E-state index in [-0.39, 0.29) is 12.6 Å². The number of aromatic nitrogens is 2. The van der Waals surface area contributed by atoms with Gasteiger partial charge in [0.25, 0.3) is 0 Å². The predicted molar refractivity (Wildman–Crippen MR) is 65.9 cm³/mol. The lowest BCUT2D eigenvalue weighted by atomic mass is 10.1. The molecule has 0 saturated heterocycles. The quantitative estimate of drug-likeness (QED) is 0.893. The van der Waals surface area contributed by atoms with E-state index < -0.39 is 0 Å². The van der Waals surface area contributed by atoms with Crippen LogP contribution < -0.4 is 0 Å². The molecule has 0 radical (unpaired) electrons. The molecule has 1 aromatic carbocycles. The molecule has 0 aliphatic heterocycles. The van der Waals surface area contributed by atoms with Gasteiger partial charge in [-0.3, -0.25) is 4.68 Å². The third-order valence-corrected chi connectivity index (χ3v) is 2.83. The SMILES string of the molecule is CC(C)n1nc2ccc(Cl)cc2c1CCO. The molecule has 86 valence electrons. The Kier molecular flexibility index (Phi) is 3.17. The summed E-state index contributed by atoms with van der Waals surface area (Å²) in [7, 11) is 0. The van der Waals surface area contributed by atoms with Gasteiger partial charge in [-0.05, 0) is 32.0 Å². The maximum absolute atomic E-state index is 9.10. The fourth-order valence-corrected chi connectivity index (χ4v) is 2.08.